The number of benzene rings is 3. The zero-order valence-electron chi connectivity index (χ0n) is 54.1. The van der Waals surface area contributed by atoms with Crippen LogP contribution in [0.4, 0.5) is 15.7 Å². The molecular weight excluding hydrogens is 1310 g/mol. The average Bonchev–Trinajstić information content (AvgIpc) is 0.754. The first-order valence-corrected chi connectivity index (χ1v) is 35.0. The van der Waals surface area contributed by atoms with Crippen LogP contribution in [0.2, 0.25) is 0 Å². The maximum absolute atomic E-state index is 14.1. The number of thiazole rings is 1. The van der Waals surface area contributed by atoms with E-state index >= 15 is 0 Å². The Morgan fingerprint density at radius 2 is 1.70 bits per heavy atom. The van der Waals surface area contributed by atoms with E-state index in [1.54, 1.807) is 18.3 Å². The third kappa shape index (κ3) is 16.1. The van der Waals surface area contributed by atoms with E-state index in [1.807, 2.05) is 59.0 Å². The Kier molecular flexibility index (Phi) is 20.3. The highest BCUT2D eigenvalue weighted by Crippen LogP contribution is 2.68. The molecular formula is C68H77N9O19S2. The number of aliphatic hydroxyl groups is 1. The van der Waals surface area contributed by atoms with Crippen LogP contribution in [-0.2, 0) is 74.4 Å². The van der Waals surface area contributed by atoms with E-state index in [9.17, 15) is 61.9 Å². The topological polar surface area (TPSA) is 367 Å². The van der Waals surface area contributed by atoms with Crippen LogP contribution in [0.15, 0.2) is 91.1 Å². The molecule has 0 spiro atoms. The van der Waals surface area contributed by atoms with Gasteiger partial charge in [0, 0.05) is 111 Å². The van der Waals surface area contributed by atoms with Crippen LogP contribution in [0.1, 0.15) is 108 Å². The Labute approximate surface area is 567 Å². The molecule has 4 saturated carbocycles. The standard InChI is InChI=1S/C68H77N9O19S2/c1-41-49(47-12-13-55(72-60(47)63(85)86)75-19-16-43-6-5-7-48(50(43)35-75)61(82)73-64-71-51-8-3-4-9-54(51)97-64)34-70-77(41)40-67-32-42-31-66(2,37-67)38-68(33-42,39-67)94-24-21-74(22-27-98(88,89)90)65(87)93-36-44-10-11-46(95-59-29-45(78)28-53(96-59)62(83)84)30-52(44)92-26-25-91-23-18-69-56(79)17-20-76-57(80)14-15-58(76)81/h3-15,30,34,42,45,53,59,78H,16-29,31-33,35-40H2,1-2H3,(H,69,79)(H,83,84)(H,85,86)(H,71,73,82)(H,88,89,90)/t42?,45-,53-,59+,66?,67?,68?/m0/s1. The number of aliphatic carboxylic acids is 1. The van der Waals surface area contributed by atoms with E-state index in [0.717, 1.165) is 81.1 Å². The lowest BCUT2D eigenvalue weighted by molar-refractivity contribution is -0.223. The molecule has 5 fully saturated rings. The first-order valence-electron chi connectivity index (χ1n) is 32.6. The van der Waals surface area contributed by atoms with Crippen LogP contribution in [0.25, 0.3) is 21.3 Å². The molecule has 5 amide bonds. The number of ether oxygens (including phenoxy) is 6. The van der Waals surface area contributed by atoms with Crippen molar-refractivity contribution in [1.29, 1.82) is 0 Å². The molecule has 6 N–H and O–H groups in total. The molecule has 28 nitrogen and oxygen atoms in total. The number of para-hydroxylation sites is 1. The lowest BCUT2D eigenvalue weighted by Crippen LogP contribution is -2.61. The van der Waals surface area contributed by atoms with Crippen molar-refractivity contribution in [1.82, 2.24) is 34.9 Å². The van der Waals surface area contributed by atoms with Gasteiger partial charge in [0.25, 0.3) is 27.8 Å². The number of amides is 5. The van der Waals surface area contributed by atoms with Gasteiger partial charge in [0.2, 0.25) is 12.2 Å². The van der Waals surface area contributed by atoms with E-state index in [4.69, 9.17) is 38.5 Å². The molecule has 98 heavy (non-hydrogen) atoms. The van der Waals surface area contributed by atoms with Crippen molar-refractivity contribution in [3.8, 4) is 22.6 Å². The van der Waals surface area contributed by atoms with Gasteiger partial charge in [0.15, 0.2) is 16.9 Å². The lowest BCUT2D eigenvalue weighted by atomic mass is 9.43. The van der Waals surface area contributed by atoms with E-state index in [2.05, 4.69) is 22.5 Å². The normalized spacial score (nSPS) is 23.2. The smallest absolute Gasteiger partial charge is 0.410 e. The third-order valence-electron chi connectivity index (χ3n) is 19.1. The maximum Gasteiger partial charge on any atom is 0.410 e. The number of aromatic nitrogens is 4. The van der Waals surface area contributed by atoms with Crippen LogP contribution >= 0.6 is 11.3 Å². The molecule has 4 bridgehead atoms. The Bertz CT molecular complexity index is 4170. The SMILES string of the molecule is Cc1c(-c2ccc(N3CCc4cccc(C(=O)Nc5nc6ccccc6s5)c4C3)nc2C(=O)O)cnn1CC12CC3CC(C)(C1)CC(OCCN(CCS(=O)(=O)O)C(=O)OCc1ccc(O[C@H]4C[C@@H](O)C[C@@H](C(=O)O)O4)cc1OCCOCCNC(=O)CCN1C(=O)C=CC1=O)(C3)C2. The monoisotopic (exact) mass is 1390 g/mol. The van der Waals surface area contributed by atoms with E-state index in [1.165, 1.54) is 29.5 Å². The zero-order chi connectivity index (χ0) is 69.1. The summed E-state index contributed by atoms with van der Waals surface area (Å²) >= 11 is 1.40. The molecule has 3 aromatic carbocycles. The minimum Gasteiger partial charge on any atom is -0.491 e. The number of carbonyl (C=O) groups excluding carboxylic acids is 5. The number of hydrogen-bond acceptors (Lipinski definition) is 21. The van der Waals surface area contributed by atoms with Gasteiger partial charge in [-0.1, -0.05) is 42.5 Å². The average molecular weight is 1390 g/mol. The fraction of sp³-hybridized carbons (Fsp3) is 0.471. The van der Waals surface area contributed by atoms with Gasteiger partial charge in [-0.25, -0.2) is 24.4 Å². The number of rotatable bonds is 29. The number of nitrogens with zero attached hydrogens (tertiary/aromatic N) is 7. The summed E-state index contributed by atoms with van der Waals surface area (Å²) in [5.41, 5.74) is 4.18. The second-order valence-corrected chi connectivity index (χ2v) is 29.1. The van der Waals surface area contributed by atoms with Gasteiger partial charge in [-0.3, -0.25) is 38.6 Å². The van der Waals surface area contributed by atoms with Gasteiger partial charge in [-0.05, 0) is 122 Å². The Balaban J connectivity index is 0.683. The Morgan fingerprint density at radius 1 is 0.888 bits per heavy atom. The van der Waals surface area contributed by atoms with Gasteiger partial charge >= 0.3 is 18.0 Å². The number of anilines is 2. The van der Waals surface area contributed by atoms with Crippen molar-refractivity contribution in [3.05, 3.63) is 125 Å². The number of pyridine rings is 1. The molecule has 1 saturated heterocycles. The molecule has 3 aromatic heterocycles. The highest BCUT2D eigenvalue weighted by Gasteiger charge is 2.62. The molecule has 6 aromatic rings. The highest BCUT2D eigenvalue weighted by molar-refractivity contribution is 7.85. The van der Waals surface area contributed by atoms with E-state index in [-0.39, 0.29) is 99.3 Å². The summed E-state index contributed by atoms with van der Waals surface area (Å²) in [6.07, 6.45) is 4.92. The number of imide groups is 1. The number of aliphatic hydroxyl groups excluding tert-OH is 1. The molecule has 4 aliphatic carbocycles. The van der Waals surface area contributed by atoms with E-state index < -0.39 is 88.9 Å². The maximum atomic E-state index is 14.1. The fourth-order valence-electron chi connectivity index (χ4n) is 15.4. The molecule has 30 heteroatoms. The minimum absolute atomic E-state index is 0.0000798. The van der Waals surface area contributed by atoms with Gasteiger partial charge in [-0.2, -0.15) is 13.5 Å². The number of carbonyl (C=O) groups is 7. The van der Waals surface area contributed by atoms with Crippen LogP contribution in [0.3, 0.4) is 0 Å². The predicted octanol–water partition coefficient (Wildman–Crippen LogP) is 6.80. The Morgan fingerprint density at radius 3 is 2.48 bits per heavy atom. The van der Waals surface area contributed by atoms with Crippen molar-refractivity contribution >= 4 is 84.3 Å². The quantitative estimate of drug-likeness (QED) is 0.0160. The third-order valence-corrected chi connectivity index (χ3v) is 20.7. The first kappa shape index (κ1) is 69.0. The van der Waals surface area contributed by atoms with Gasteiger partial charge < -0.3 is 58.9 Å². The second kappa shape index (κ2) is 28.9. The van der Waals surface area contributed by atoms with Crippen molar-refractivity contribution in [2.75, 3.05) is 75.1 Å². The summed E-state index contributed by atoms with van der Waals surface area (Å²) in [4.78, 5) is 102. The number of aromatic carboxylic acids is 1. The summed E-state index contributed by atoms with van der Waals surface area (Å²) in [6, 6.07) is 21.4. The van der Waals surface area contributed by atoms with Crippen LogP contribution in [-0.4, -0.2) is 189 Å². The summed E-state index contributed by atoms with van der Waals surface area (Å²) in [5.74, 6) is -3.85. The lowest BCUT2D eigenvalue weighted by Gasteiger charge is -2.65. The predicted molar refractivity (Wildman–Crippen MR) is 353 cm³/mol. The first-order chi connectivity index (χ1) is 46.9. The van der Waals surface area contributed by atoms with Crippen LogP contribution in [0.5, 0.6) is 11.5 Å². The molecule has 7 atom stereocenters. The number of carboxylic acid groups (broad SMARTS) is 2. The zero-order valence-corrected chi connectivity index (χ0v) is 55.7. The highest BCUT2D eigenvalue weighted by atomic mass is 32.2. The molecule has 3 aliphatic heterocycles. The summed E-state index contributed by atoms with van der Waals surface area (Å²) in [7, 11) is -4.55. The molecule has 6 heterocycles. The van der Waals surface area contributed by atoms with Gasteiger partial charge in [0.1, 0.15) is 30.5 Å². The Hall–Kier alpha value is -8.91. The van der Waals surface area contributed by atoms with E-state index in [0.29, 0.717) is 71.6 Å². The largest absolute Gasteiger partial charge is 0.491 e. The van der Waals surface area contributed by atoms with Gasteiger partial charge in [-0.15, -0.1) is 0 Å². The molecule has 0 radical (unpaired) electrons. The van der Waals surface area contributed by atoms with Crippen molar-refractivity contribution in [2.24, 2.45) is 16.7 Å². The second-order valence-electron chi connectivity index (χ2n) is 26.5. The molecule has 4 unspecified atom stereocenters. The minimum atomic E-state index is -4.55. The van der Waals surface area contributed by atoms with Crippen molar-refractivity contribution < 1.29 is 90.3 Å². The van der Waals surface area contributed by atoms with Crippen LogP contribution < -0.4 is 25.0 Å². The summed E-state index contributed by atoms with van der Waals surface area (Å²) in [5, 5.41) is 41.7. The molecule has 13 rings (SSSR count). The van der Waals surface area contributed by atoms with Crippen molar-refractivity contribution in [2.45, 2.75) is 122 Å². The summed E-state index contributed by atoms with van der Waals surface area (Å²) < 4.78 is 73.1. The fourth-order valence-corrected chi connectivity index (χ4v) is 16.7. The number of nitrogens with one attached hydrogen (secondary N) is 2. The number of fused-ring (bicyclic) bond motifs is 2. The molecule has 520 valence electrons. The molecule has 7 aliphatic rings. The summed E-state index contributed by atoms with van der Waals surface area (Å²) in [6.45, 7) is 4.72. The number of carboxylic acids is 2. The van der Waals surface area contributed by atoms with Crippen LogP contribution in [0, 0.1) is 23.7 Å². The van der Waals surface area contributed by atoms with Gasteiger partial charge in [0.05, 0.1) is 53.7 Å². The number of hydrogen-bond donors (Lipinski definition) is 6. The van der Waals surface area contributed by atoms with Crippen molar-refractivity contribution in [3.63, 3.8) is 0 Å².